The molecule has 2 rings (SSSR count). The van der Waals surface area contributed by atoms with Crippen LogP contribution in [-0.2, 0) is 4.79 Å². The summed E-state index contributed by atoms with van der Waals surface area (Å²) in [5.41, 5.74) is 5.88. The van der Waals surface area contributed by atoms with E-state index >= 15 is 0 Å². The lowest BCUT2D eigenvalue weighted by Gasteiger charge is -2.43. The predicted octanol–water partition coefficient (Wildman–Crippen LogP) is -0.132. The third-order valence-electron chi connectivity index (χ3n) is 4.38. The minimum Gasteiger partial charge on any atom is -0.355 e. The number of nitrogens with two attached hydrogens (primary N) is 1. The zero-order valence-electron chi connectivity index (χ0n) is 12.3. The van der Waals surface area contributed by atoms with Crippen LogP contribution in [0.1, 0.15) is 26.7 Å². The van der Waals surface area contributed by atoms with Crippen molar-refractivity contribution in [2.24, 2.45) is 11.7 Å². The van der Waals surface area contributed by atoms with Crippen LogP contribution >= 0.6 is 0 Å². The molecular weight excluding hydrogens is 240 g/mol. The Morgan fingerprint density at radius 2 is 1.89 bits per heavy atom. The van der Waals surface area contributed by atoms with E-state index in [1.54, 1.807) is 0 Å². The highest BCUT2D eigenvalue weighted by molar-refractivity contribution is 5.78. The van der Waals surface area contributed by atoms with Crippen molar-refractivity contribution in [1.82, 2.24) is 15.1 Å². The van der Waals surface area contributed by atoms with E-state index in [2.05, 4.69) is 29.0 Å². The largest absolute Gasteiger partial charge is 0.355 e. The van der Waals surface area contributed by atoms with Crippen molar-refractivity contribution in [3.8, 4) is 0 Å². The van der Waals surface area contributed by atoms with E-state index < -0.39 is 0 Å². The van der Waals surface area contributed by atoms with Crippen LogP contribution in [0.4, 0.5) is 0 Å². The lowest BCUT2D eigenvalue weighted by molar-refractivity contribution is -0.122. The van der Waals surface area contributed by atoms with Gasteiger partial charge in [-0.05, 0) is 32.6 Å². The maximum atomic E-state index is 11.8. The lowest BCUT2D eigenvalue weighted by atomic mass is 10.0. The molecule has 1 amide bonds. The van der Waals surface area contributed by atoms with Crippen LogP contribution in [0.5, 0.6) is 0 Å². The van der Waals surface area contributed by atoms with Gasteiger partial charge in [-0.15, -0.1) is 0 Å². The molecule has 3 N–H and O–H groups in total. The third-order valence-corrected chi connectivity index (χ3v) is 4.38. The number of rotatable bonds is 6. The highest BCUT2D eigenvalue weighted by Crippen LogP contribution is 2.27. The van der Waals surface area contributed by atoms with Crippen LogP contribution in [0.15, 0.2) is 0 Å². The van der Waals surface area contributed by atoms with Crippen LogP contribution in [0.25, 0.3) is 0 Å². The average Bonchev–Trinajstić information content (AvgIpc) is 3.21. The van der Waals surface area contributed by atoms with Gasteiger partial charge in [-0.1, -0.05) is 0 Å². The van der Waals surface area contributed by atoms with Crippen molar-refractivity contribution in [3.63, 3.8) is 0 Å². The molecule has 1 aliphatic heterocycles. The molecule has 0 aromatic carbocycles. The van der Waals surface area contributed by atoms with Gasteiger partial charge in [-0.3, -0.25) is 14.6 Å². The van der Waals surface area contributed by atoms with Gasteiger partial charge >= 0.3 is 0 Å². The molecule has 0 aromatic heterocycles. The van der Waals surface area contributed by atoms with Crippen LogP contribution < -0.4 is 11.1 Å². The van der Waals surface area contributed by atoms with Crippen LogP contribution in [0.2, 0.25) is 0 Å². The SMILES string of the molecule is CC(C)(CN)N1CCN(CC(=O)NCC2CC2)CC1. The molecule has 0 atom stereocenters. The Bertz CT molecular complexity index is 307. The zero-order valence-corrected chi connectivity index (χ0v) is 12.3. The van der Waals surface area contributed by atoms with E-state index in [0.717, 1.165) is 38.6 Å². The summed E-state index contributed by atoms with van der Waals surface area (Å²) in [6.07, 6.45) is 2.57. The number of carbonyl (C=O) groups is 1. The summed E-state index contributed by atoms with van der Waals surface area (Å²) in [6, 6.07) is 0. The standard InChI is InChI=1S/C14H28N4O/c1-14(2,11-15)18-7-5-17(6-8-18)10-13(19)16-9-12-3-4-12/h12H,3-11,15H2,1-2H3,(H,16,19). The molecule has 0 radical (unpaired) electrons. The second-order valence-electron chi connectivity index (χ2n) is 6.53. The van der Waals surface area contributed by atoms with Gasteiger partial charge in [0.2, 0.25) is 5.91 Å². The minimum atomic E-state index is 0.0698. The van der Waals surface area contributed by atoms with Crippen molar-refractivity contribution in [3.05, 3.63) is 0 Å². The van der Waals surface area contributed by atoms with Gasteiger partial charge in [0, 0.05) is 44.8 Å². The van der Waals surface area contributed by atoms with Gasteiger partial charge in [-0.2, -0.15) is 0 Å². The Morgan fingerprint density at radius 3 is 2.42 bits per heavy atom. The molecule has 1 aliphatic carbocycles. The molecule has 0 aromatic rings. The molecule has 19 heavy (non-hydrogen) atoms. The fourth-order valence-electron chi connectivity index (χ4n) is 2.48. The Balaban J connectivity index is 1.66. The van der Waals surface area contributed by atoms with Gasteiger partial charge in [0.15, 0.2) is 0 Å². The number of amides is 1. The van der Waals surface area contributed by atoms with Gasteiger partial charge in [0.1, 0.15) is 0 Å². The number of piperazine rings is 1. The summed E-state index contributed by atoms with van der Waals surface area (Å²) in [6.45, 7) is 10.4. The van der Waals surface area contributed by atoms with E-state index in [1.807, 2.05) is 0 Å². The van der Waals surface area contributed by atoms with E-state index in [4.69, 9.17) is 5.73 Å². The quantitative estimate of drug-likeness (QED) is 0.704. The van der Waals surface area contributed by atoms with Gasteiger partial charge in [0.25, 0.3) is 0 Å². The van der Waals surface area contributed by atoms with Gasteiger partial charge in [-0.25, -0.2) is 0 Å². The fourth-order valence-corrected chi connectivity index (χ4v) is 2.48. The third kappa shape index (κ3) is 4.44. The fraction of sp³-hybridized carbons (Fsp3) is 0.929. The molecule has 2 fully saturated rings. The topological polar surface area (TPSA) is 61.6 Å². The molecule has 5 nitrogen and oxygen atoms in total. The number of hydrogen-bond acceptors (Lipinski definition) is 4. The van der Waals surface area contributed by atoms with Crippen molar-refractivity contribution in [2.45, 2.75) is 32.2 Å². The summed E-state index contributed by atoms with van der Waals surface area (Å²) in [5, 5.41) is 3.03. The molecule has 0 unspecified atom stereocenters. The first kappa shape index (κ1) is 14.8. The molecule has 5 heteroatoms. The summed E-state index contributed by atoms with van der Waals surface area (Å²) in [5.74, 6) is 0.935. The normalized spacial score (nSPS) is 22.5. The smallest absolute Gasteiger partial charge is 0.234 e. The molecule has 0 bridgehead atoms. The first-order valence-corrected chi connectivity index (χ1v) is 7.45. The van der Waals surface area contributed by atoms with E-state index in [1.165, 1.54) is 12.8 Å². The van der Waals surface area contributed by atoms with Crippen LogP contribution in [0.3, 0.4) is 0 Å². The Labute approximate surface area is 116 Å². The first-order chi connectivity index (χ1) is 9.01. The summed E-state index contributed by atoms with van der Waals surface area (Å²) >= 11 is 0. The number of carbonyl (C=O) groups excluding carboxylic acids is 1. The predicted molar refractivity (Wildman–Crippen MR) is 76.9 cm³/mol. The molecule has 2 aliphatic rings. The maximum Gasteiger partial charge on any atom is 0.234 e. The minimum absolute atomic E-state index is 0.0698. The average molecular weight is 268 g/mol. The van der Waals surface area contributed by atoms with E-state index in [-0.39, 0.29) is 11.4 Å². The van der Waals surface area contributed by atoms with Crippen molar-refractivity contribution < 1.29 is 4.79 Å². The molecule has 1 saturated heterocycles. The summed E-state index contributed by atoms with van der Waals surface area (Å²) < 4.78 is 0. The molecular formula is C14H28N4O. The van der Waals surface area contributed by atoms with E-state index in [9.17, 15) is 4.79 Å². The molecule has 1 saturated carbocycles. The number of hydrogen-bond donors (Lipinski definition) is 2. The monoisotopic (exact) mass is 268 g/mol. The summed E-state index contributed by atoms with van der Waals surface area (Å²) in [7, 11) is 0. The second-order valence-corrected chi connectivity index (χ2v) is 6.53. The van der Waals surface area contributed by atoms with Gasteiger partial charge < -0.3 is 11.1 Å². The zero-order chi connectivity index (χ0) is 13.9. The van der Waals surface area contributed by atoms with Crippen molar-refractivity contribution in [1.29, 1.82) is 0 Å². The highest BCUT2D eigenvalue weighted by Gasteiger charge is 2.29. The Hall–Kier alpha value is -0.650. The molecule has 0 spiro atoms. The Morgan fingerprint density at radius 1 is 1.26 bits per heavy atom. The second kappa shape index (κ2) is 6.20. The number of nitrogens with one attached hydrogen (secondary N) is 1. The summed E-state index contributed by atoms with van der Waals surface area (Å²) in [4.78, 5) is 16.5. The highest BCUT2D eigenvalue weighted by atomic mass is 16.2. The maximum absolute atomic E-state index is 11.8. The molecule has 110 valence electrons. The first-order valence-electron chi connectivity index (χ1n) is 7.45. The lowest BCUT2D eigenvalue weighted by Crippen LogP contribution is -2.58. The van der Waals surface area contributed by atoms with Crippen LogP contribution in [0, 0.1) is 5.92 Å². The molecule has 1 heterocycles. The van der Waals surface area contributed by atoms with E-state index in [0.29, 0.717) is 13.1 Å². The Kier molecular flexibility index (Phi) is 4.81. The van der Waals surface area contributed by atoms with Gasteiger partial charge in [0.05, 0.1) is 6.54 Å². The number of nitrogens with zero attached hydrogens (tertiary/aromatic N) is 2. The van der Waals surface area contributed by atoms with Crippen molar-refractivity contribution in [2.75, 3.05) is 45.8 Å². The van der Waals surface area contributed by atoms with Crippen LogP contribution in [-0.4, -0.2) is 67.1 Å². The van der Waals surface area contributed by atoms with Crippen molar-refractivity contribution >= 4 is 5.91 Å².